The van der Waals surface area contributed by atoms with Gasteiger partial charge in [0.1, 0.15) is 12.4 Å². The molecule has 1 aromatic heterocycles. The van der Waals surface area contributed by atoms with Gasteiger partial charge in [-0.2, -0.15) is 0 Å². The zero-order valence-electron chi connectivity index (χ0n) is 12.1. The molecule has 114 valence electrons. The number of carbonyl (C=O) groups excluding carboxylic acids is 1. The maximum absolute atomic E-state index is 11.6. The molecule has 0 fully saturated rings. The Labute approximate surface area is 128 Å². The van der Waals surface area contributed by atoms with Gasteiger partial charge in [0.05, 0.1) is 18.5 Å². The third-order valence-corrected chi connectivity index (χ3v) is 2.80. The summed E-state index contributed by atoms with van der Waals surface area (Å²) in [6.07, 6.45) is 1.46. The van der Waals surface area contributed by atoms with Crippen molar-refractivity contribution in [3.05, 3.63) is 59.9 Å². The third kappa shape index (κ3) is 4.05. The zero-order chi connectivity index (χ0) is 15.8. The van der Waals surface area contributed by atoms with Crippen LogP contribution in [0.4, 0.5) is 0 Å². The normalized spacial score (nSPS) is 11.0. The Hall–Kier alpha value is -2.89. The lowest BCUT2D eigenvalue weighted by atomic mass is 10.2. The first-order valence-corrected chi connectivity index (χ1v) is 6.77. The van der Waals surface area contributed by atoms with Gasteiger partial charge in [0.15, 0.2) is 0 Å². The lowest BCUT2D eigenvalue weighted by Crippen LogP contribution is -2.20. The molecule has 0 aliphatic carbocycles. The molecule has 0 amide bonds. The summed E-state index contributed by atoms with van der Waals surface area (Å²) in [5, 5.41) is 11.9. The number of ether oxygens (including phenoxy) is 2. The van der Waals surface area contributed by atoms with Gasteiger partial charge in [-0.25, -0.2) is 4.79 Å². The minimum atomic E-state index is -0.726. The maximum atomic E-state index is 11.6. The topological polar surface area (TPSA) is 81.0 Å². The Balaban J connectivity index is 2.02. The van der Waals surface area contributed by atoms with Crippen LogP contribution in [0.3, 0.4) is 0 Å². The summed E-state index contributed by atoms with van der Waals surface area (Å²) in [5.74, 6) is -0.177. The first-order chi connectivity index (χ1) is 10.7. The Kier molecular flexibility index (Phi) is 5.48. The highest BCUT2D eigenvalue weighted by atomic mass is 16.5. The number of pyridine rings is 1. The smallest absolute Gasteiger partial charge is 0.362 e. The lowest BCUT2D eigenvalue weighted by molar-refractivity contribution is -0.135. The van der Waals surface area contributed by atoms with Gasteiger partial charge < -0.3 is 14.7 Å². The highest BCUT2D eigenvalue weighted by Gasteiger charge is 2.17. The van der Waals surface area contributed by atoms with Crippen molar-refractivity contribution >= 4 is 11.7 Å². The van der Waals surface area contributed by atoms with Crippen molar-refractivity contribution in [1.82, 2.24) is 4.98 Å². The summed E-state index contributed by atoms with van der Waals surface area (Å²) in [6.45, 7) is 2.28. The lowest BCUT2D eigenvalue weighted by Gasteiger charge is -2.07. The summed E-state index contributed by atoms with van der Waals surface area (Å²) in [5.41, 5.74) is 1.01. The molecule has 1 N–H and O–H groups in total. The average Bonchev–Trinajstić information content (AvgIpc) is 2.56. The minimum absolute atomic E-state index is 0.191. The number of oxime groups is 1. The molecule has 0 radical (unpaired) electrons. The molecule has 2 rings (SSSR count). The summed E-state index contributed by atoms with van der Waals surface area (Å²) in [7, 11) is 0. The molecule has 1 heterocycles. The second-order valence-corrected chi connectivity index (χ2v) is 4.32. The fourth-order valence-electron chi connectivity index (χ4n) is 1.74. The molecule has 0 unspecified atom stereocenters. The summed E-state index contributed by atoms with van der Waals surface area (Å²) >= 11 is 0. The molecule has 6 heteroatoms. The van der Waals surface area contributed by atoms with E-state index in [1.165, 1.54) is 12.3 Å². The zero-order valence-corrected chi connectivity index (χ0v) is 12.1. The minimum Gasteiger partial charge on any atom is -0.487 e. The van der Waals surface area contributed by atoms with E-state index >= 15 is 0 Å². The van der Waals surface area contributed by atoms with E-state index in [-0.39, 0.29) is 18.0 Å². The van der Waals surface area contributed by atoms with Crippen molar-refractivity contribution in [3.8, 4) is 5.75 Å². The Bertz CT molecular complexity index is 639. The molecule has 22 heavy (non-hydrogen) atoms. The number of rotatable bonds is 6. The van der Waals surface area contributed by atoms with E-state index in [2.05, 4.69) is 10.1 Å². The largest absolute Gasteiger partial charge is 0.487 e. The number of hydrogen-bond donors (Lipinski definition) is 1. The van der Waals surface area contributed by atoms with Crippen LogP contribution >= 0.6 is 0 Å². The van der Waals surface area contributed by atoms with Crippen LogP contribution < -0.4 is 4.74 Å². The van der Waals surface area contributed by atoms with Crippen LogP contribution in [0.1, 0.15) is 18.2 Å². The average molecular weight is 300 g/mol. The first kappa shape index (κ1) is 15.5. The molecule has 0 saturated heterocycles. The highest BCUT2D eigenvalue weighted by molar-refractivity contribution is 6.42. The number of esters is 1. The molecule has 0 aliphatic rings. The predicted octanol–water partition coefficient (Wildman–Crippen LogP) is 2.40. The number of carbonyl (C=O) groups is 1. The summed E-state index contributed by atoms with van der Waals surface area (Å²) in [4.78, 5) is 15.6. The van der Waals surface area contributed by atoms with Crippen LogP contribution in [0.2, 0.25) is 0 Å². The van der Waals surface area contributed by atoms with Crippen molar-refractivity contribution in [1.29, 1.82) is 0 Å². The standard InChI is InChI=1S/C16H16N2O4/c1-2-21-16(19)15(18-20)14-9-8-13(10-17-14)22-11-12-6-4-3-5-7-12/h3-10,20H,2,11H2,1H3. The van der Waals surface area contributed by atoms with Crippen LogP contribution in [-0.4, -0.2) is 28.5 Å². The van der Waals surface area contributed by atoms with Crippen LogP contribution in [0.25, 0.3) is 0 Å². The Morgan fingerprint density at radius 3 is 2.59 bits per heavy atom. The van der Waals surface area contributed by atoms with Crippen molar-refractivity contribution in [2.24, 2.45) is 5.16 Å². The van der Waals surface area contributed by atoms with E-state index in [9.17, 15) is 4.79 Å². The number of aromatic nitrogens is 1. The summed E-state index contributed by atoms with van der Waals surface area (Å²) < 4.78 is 10.4. The molecule has 0 atom stereocenters. The fraction of sp³-hybridized carbons (Fsp3) is 0.188. The third-order valence-electron chi connectivity index (χ3n) is 2.80. The van der Waals surface area contributed by atoms with Gasteiger partial charge in [-0.15, -0.1) is 0 Å². The van der Waals surface area contributed by atoms with Crippen molar-refractivity contribution in [2.75, 3.05) is 6.61 Å². The molecule has 0 saturated carbocycles. The molecule has 1 aromatic carbocycles. The van der Waals surface area contributed by atoms with Crippen molar-refractivity contribution in [3.63, 3.8) is 0 Å². The van der Waals surface area contributed by atoms with Gasteiger partial charge in [0.25, 0.3) is 0 Å². The second-order valence-electron chi connectivity index (χ2n) is 4.32. The van der Waals surface area contributed by atoms with Crippen LogP contribution in [0.15, 0.2) is 53.8 Å². The highest BCUT2D eigenvalue weighted by Crippen LogP contribution is 2.12. The molecular formula is C16H16N2O4. The van der Waals surface area contributed by atoms with Crippen LogP contribution in [0.5, 0.6) is 5.75 Å². The van der Waals surface area contributed by atoms with Gasteiger partial charge in [0.2, 0.25) is 5.71 Å². The van der Waals surface area contributed by atoms with Crippen molar-refractivity contribution in [2.45, 2.75) is 13.5 Å². The quantitative estimate of drug-likeness (QED) is 0.383. The van der Waals surface area contributed by atoms with Gasteiger partial charge >= 0.3 is 5.97 Å². The van der Waals surface area contributed by atoms with Gasteiger partial charge in [-0.05, 0) is 24.6 Å². The van der Waals surface area contributed by atoms with Gasteiger partial charge in [-0.3, -0.25) is 4.98 Å². The maximum Gasteiger partial charge on any atom is 0.362 e. The molecule has 2 aromatic rings. The SMILES string of the molecule is CCOC(=O)C(=NO)c1ccc(OCc2ccccc2)cn1. The number of hydrogen-bond acceptors (Lipinski definition) is 6. The van der Waals surface area contributed by atoms with Crippen LogP contribution in [-0.2, 0) is 16.1 Å². The summed E-state index contributed by atoms with van der Waals surface area (Å²) in [6, 6.07) is 12.9. The fourth-order valence-corrected chi connectivity index (χ4v) is 1.74. The monoisotopic (exact) mass is 300 g/mol. The van der Waals surface area contributed by atoms with E-state index in [0.717, 1.165) is 5.56 Å². The number of benzene rings is 1. The molecule has 0 aliphatic heterocycles. The Morgan fingerprint density at radius 2 is 2.00 bits per heavy atom. The van der Waals surface area contributed by atoms with Crippen LogP contribution in [0, 0.1) is 0 Å². The predicted molar refractivity (Wildman–Crippen MR) is 80.0 cm³/mol. The first-order valence-electron chi connectivity index (χ1n) is 6.77. The van der Waals surface area contributed by atoms with Gasteiger partial charge in [-0.1, -0.05) is 35.5 Å². The van der Waals surface area contributed by atoms with E-state index in [0.29, 0.717) is 12.4 Å². The van der Waals surface area contributed by atoms with E-state index < -0.39 is 5.97 Å². The molecule has 0 spiro atoms. The molecular weight excluding hydrogens is 284 g/mol. The van der Waals surface area contributed by atoms with Crippen molar-refractivity contribution < 1.29 is 19.5 Å². The van der Waals surface area contributed by atoms with Gasteiger partial charge in [0, 0.05) is 0 Å². The van der Waals surface area contributed by atoms with E-state index in [1.54, 1.807) is 13.0 Å². The van der Waals surface area contributed by atoms with E-state index in [4.69, 9.17) is 14.7 Å². The van der Waals surface area contributed by atoms with E-state index in [1.807, 2.05) is 30.3 Å². The Morgan fingerprint density at radius 1 is 1.23 bits per heavy atom. The molecule has 6 nitrogen and oxygen atoms in total. The second kappa shape index (κ2) is 7.78. The molecule has 0 bridgehead atoms. The number of nitrogens with zero attached hydrogens (tertiary/aromatic N) is 2.